The van der Waals surface area contributed by atoms with E-state index < -0.39 is 67.6 Å². The van der Waals surface area contributed by atoms with E-state index in [9.17, 15) is 39.5 Å². The first-order valence-corrected chi connectivity index (χ1v) is 19.2. The van der Waals surface area contributed by atoms with Gasteiger partial charge in [0, 0.05) is 28.5 Å². The average molecular weight is 945 g/mol. The largest absolute Gasteiger partial charge is 0.497 e. The second-order valence-electron chi connectivity index (χ2n) is 17.1. The average Bonchev–Trinajstić information content (AvgIpc) is 3.54. The molecule has 0 amide bonds. The molecule has 61 heavy (non-hydrogen) atoms. The number of pyridine rings is 3. The van der Waals surface area contributed by atoms with Crippen molar-refractivity contribution < 1.29 is 67.4 Å². The summed E-state index contributed by atoms with van der Waals surface area (Å²) < 4.78 is 146. The van der Waals surface area contributed by atoms with Crippen molar-refractivity contribution in [1.29, 1.82) is 0 Å². The number of nitrogens with two attached hydrogens (primary N) is 3. The Bertz CT molecular complexity index is 1930. The van der Waals surface area contributed by atoms with Gasteiger partial charge in [-0.15, -0.1) is 0 Å². The minimum Gasteiger partial charge on any atom is -0.405 e. The van der Waals surface area contributed by atoms with Crippen molar-refractivity contribution in [2.24, 2.45) is 0 Å². The SMILES string of the molecule is CC1(C)OB(B2OC(C)(C)C(C)(C)O2)OC1(C)C.CC1(C)OB(c2cnc(N)cc2C(F)(F)F)OC1(C)C.Nc1cc(C(F)(F)F)c(Br)cn1.Nc1cc(C(F)(F)F)ccn1. The van der Waals surface area contributed by atoms with Gasteiger partial charge in [0.2, 0.25) is 0 Å². The van der Waals surface area contributed by atoms with Gasteiger partial charge in [-0.25, -0.2) is 15.0 Å². The molecule has 0 aromatic carbocycles. The van der Waals surface area contributed by atoms with Crippen LogP contribution >= 0.6 is 15.9 Å². The van der Waals surface area contributed by atoms with Gasteiger partial charge in [-0.05, 0) is 123 Å². The van der Waals surface area contributed by atoms with Crippen LogP contribution in [0.3, 0.4) is 0 Å². The van der Waals surface area contributed by atoms with Crippen molar-refractivity contribution in [2.75, 3.05) is 17.2 Å². The lowest BCUT2D eigenvalue weighted by atomic mass is 9.49. The van der Waals surface area contributed by atoms with Gasteiger partial charge in [-0.2, -0.15) is 39.5 Å². The lowest BCUT2D eigenvalue weighted by molar-refractivity contribution is -0.138. The molecule has 12 nitrogen and oxygen atoms in total. The molecular weight excluding hydrogens is 896 g/mol. The first kappa shape index (κ1) is 52.0. The zero-order chi connectivity index (χ0) is 47.2. The fourth-order valence-electron chi connectivity index (χ4n) is 5.18. The monoisotopic (exact) mass is 944 g/mol. The van der Waals surface area contributed by atoms with Crippen LogP contribution in [0.2, 0.25) is 0 Å². The van der Waals surface area contributed by atoms with Crippen LogP contribution in [-0.4, -0.2) is 69.7 Å². The first-order valence-electron chi connectivity index (χ1n) is 18.4. The van der Waals surface area contributed by atoms with Crippen LogP contribution in [-0.2, 0) is 46.5 Å². The van der Waals surface area contributed by atoms with Crippen LogP contribution in [0, 0.1) is 0 Å². The highest BCUT2D eigenvalue weighted by Gasteiger charge is 2.64. The number of nitrogen functional groups attached to an aromatic ring is 3. The molecule has 3 aromatic heterocycles. The number of anilines is 3. The molecule has 3 aromatic rings. The number of alkyl halides is 9. The second kappa shape index (κ2) is 17.7. The Morgan fingerprint density at radius 1 is 0.492 bits per heavy atom. The summed E-state index contributed by atoms with van der Waals surface area (Å²) in [7, 11) is -2.07. The van der Waals surface area contributed by atoms with E-state index in [1.165, 1.54) is 0 Å². The zero-order valence-corrected chi connectivity index (χ0v) is 37.2. The van der Waals surface area contributed by atoms with E-state index in [1.54, 1.807) is 27.7 Å². The summed E-state index contributed by atoms with van der Waals surface area (Å²) in [5, 5.41) is 0. The molecule has 0 bridgehead atoms. The van der Waals surface area contributed by atoms with Crippen molar-refractivity contribution in [1.82, 2.24) is 15.0 Å². The molecule has 0 atom stereocenters. The summed E-state index contributed by atoms with van der Waals surface area (Å²) in [6.07, 6.45) is -10.2. The lowest BCUT2D eigenvalue weighted by Crippen LogP contribution is -2.41. The molecule has 0 spiro atoms. The lowest BCUT2D eigenvalue weighted by Gasteiger charge is -2.32. The minimum absolute atomic E-state index is 0.107. The van der Waals surface area contributed by atoms with Crippen molar-refractivity contribution in [3.05, 3.63) is 64.0 Å². The van der Waals surface area contributed by atoms with Crippen LogP contribution < -0.4 is 22.7 Å². The number of hydrogen-bond acceptors (Lipinski definition) is 12. The van der Waals surface area contributed by atoms with Crippen LogP contribution in [0.15, 0.2) is 47.3 Å². The maximum Gasteiger partial charge on any atom is 0.497 e. The van der Waals surface area contributed by atoms with Gasteiger partial charge < -0.3 is 45.1 Å². The summed E-state index contributed by atoms with van der Waals surface area (Å²) in [6, 6.07) is 3.24. The Morgan fingerprint density at radius 3 is 1.16 bits per heavy atom. The van der Waals surface area contributed by atoms with Crippen LogP contribution in [0.1, 0.15) is 99.8 Å². The zero-order valence-electron chi connectivity index (χ0n) is 35.6. The standard InChI is InChI=1S/C12H24B2O4.C12H16BF3N2O2.C6H4BrF3N2.C6H5F3N2/c1-9(2)10(3,4)16-13(15-9)14-17-11(5,6)12(7,8)18-14;1-10(2)11(3,4)20-13(19-10)8-6-18-9(17)5-7(8)12(14,15)16;7-4-2-12-5(11)1-3(4)6(8,9)10;7-6(8,9)4-1-2-11-5(10)3-4/h1-8H3;5-6H,1-4H3,(H2,17,18);1-2H,(H2,11,12);1-3H,(H2,10,11). The van der Waals surface area contributed by atoms with Gasteiger partial charge in [-0.3, -0.25) is 0 Å². The van der Waals surface area contributed by atoms with E-state index in [0.29, 0.717) is 0 Å². The molecule has 338 valence electrons. The van der Waals surface area contributed by atoms with Crippen LogP contribution in [0.25, 0.3) is 0 Å². The number of halogens is 10. The third kappa shape index (κ3) is 12.7. The summed E-state index contributed by atoms with van der Waals surface area (Å²) in [5.41, 5.74) is 9.96. The molecular formula is C36H49B3BrF9N6O6. The summed E-state index contributed by atoms with van der Waals surface area (Å²) in [4.78, 5) is 10.6. The minimum atomic E-state index is -4.55. The van der Waals surface area contributed by atoms with Crippen LogP contribution in [0.5, 0.6) is 0 Å². The topological polar surface area (TPSA) is 172 Å². The third-order valence-electron chi connectivity index (χ3n) is 10.8. The Labute approximate surface area is 358 Å². The van der Waals surface area contributed by atoms with Crippen molar-refractivity contribution >= 4 is 60.0 Å². The fourth-order valence-corrected chi connectivity index (χ4v) is 5.62. The predicted molar refractivity (Wildman–Crippen MR) is 217 cm³/mol. The van der Waals surface area contributed by atoms with Gasteiger partial charge >= 0.3 is 39.7 Å². The molecule has 0 unspecified atom stereocenters. The van der Waals surface area contributed by atoms with Gasteiger partial charge in [0.05, 0.1) is 50.3 Å². The van der Waals surface area contributed by atoms with Gasteiger partial charge in [0.1, 0.15) is 17.5 Å². The molecule has 3 aliphatic heterocycles. The Hall–Kier alpha value is -3.35. The van der Waals surface area contributed by atoms with Gasteiger partial charge in [0.25, 0.3) is 0 Å². The molecule has 6 rings (SSSR count). The highest BCUT2D eigenvalue weighted by atomic mass is 79.9. The normalized spacial score (nSPS) is 20.8. The number of rotatable bonds is 2. The first-order chi connectivity index (χ1) is 27.2. The summed E-state index contributed by atoms with van der Waals surface area (Å²) in [5.74, 6) is -0.469. The molecule has 3 aliphatic rings. The second-order valence-corrected chi connectivity index (χ2v) is 17.9. The quantitative estimate of drug-likeness (QED) is 0.166. The molecule has 3 fully saturated rings. The smallest absolute Gasteiger partial charge is 0.405 e. The summed E-state index contributed by atoms with van der Waals surface area (Å²) >= 11 is 2.73. The van der Waals surface area contributed by atoms with Crippen molar-refractivity contribution in [3.63, 3.8) is 0 Å². The van der Waals surface area contributed by atoms with E-state index in [1.807, 2.05) is 55.4 Å². The van der Waals surface area contributed by atoms with Crippen molar-refractivity contribution in [2.45, 2.75) is 135 Å². The number of aromatic nitrogens is 3. The molecule has 0 aliphatic carbocycles. The maximum atomic E-state index is 13.1. The molecule has 25 heteroatoms. The van der Waals surface area contributed by atoms with Crippen molar-refractivity contribution in [3.8, 4) is 0 Å². The van der Waals surface area contributed by atoms with Gasteiger partial charge in [0.15, 0.2) is 0 Å². The Balaban J connectivity index is 0.000000223. The number of hydrogen-bond donors (Lipinski definition) is 3. The highest BCUT2D eigenvalue weighted by Crippen LogP contribution is 2.43. The highest BCUT2D eigenvalue weighted by molar-refractivity contribution is 9.10. The van der Waals surface area contributed by atoms with Gasteiger partial charge in [-0.1, -0.05) is 0 Å². The molecule has 0 saturated carbocycles. The van der Waals surface area contributed by atoms with E-state index in [4.69, 9.17) is 45.1 Å². The van der Waals surface area contributed by atoms with Crippen LogP contribution in [0.4, 0.5) is 57.0 Å². The number of nitrogens with zero attached hydrogens (tertiary/aromatic N) is 3. The molecule has 6 N–H and O–H groups in total. The van der Waals surface area contributed by atoms with E-state index in [0.717, 1.165) is 42.9 Å². The predicted octanol–water partition coefficient (Wildman–Crippen LogP) is 8.36. The summed E-state index contributed by atoms with van der Waals surface area (Å²) in [6.45, 7) is 23.3. The fraction of sp³-hybridized carbons (Fsp3) is 0.583. The Kier molecular flexibility index (Phi) is 15.1. The Morgan fingerprint density at radius 2 is 0.836 bits per heavy atom. The van der Waals surface area contributed by atoms with E-state index in [2.05, 4.69) is 30.9 Å². The molecule has 6 heterocycles. The molecule has 0 radical (unpaired) electrons. The van der Waals surface area contributed by atoms with E-state index >= 15 is 0 Å². The maximum absolute atomic E-state index is 13.1. The third-order valence-corrected chi connectivity index (χ3v) is 11.5. The molecule has 3 saturated heterocycles. The van der Waals surface area contributed by atoms with E-state index in [-0.39, 0.29) is 49.8 Å².